The number of nitrogens with zero attached hydrogens (tertiary/aromatic N) is 1. The standard InChI is InChI=1S/C15H23N3O4S2.ClH/c1-18(11-13(19)17-10-12-4-3-9-23-12)14(20)15(24(2,21)22)5-7-16-8-6-15;/h3-4,9,16H,5-8,10-11H2,1-2H3,(H,17,19);1H. The molecule has 0 saturated carbocycles. The molecular weight excluding hydrogens is 386 g/mol. The molecule has 142 valence electrons. The Labute approximate surface area is 158 Å². The molecule has 1 aromatic heterocycles. The average Bonchev–Trinajstić information content (AvgIpc) is 3.05. The molecule has 1 fully saturated rings. The van der Waals surface area contributed by atoms with Crippen LogP contribution >= 0.6 is 23.7 Å². The third-order valence-electron chi connectivity index (χ3n) is 4.28. The van der Waals surface area contributed by atoms with E-state index in [4.69, 9.17) is 0 Å². The molecule has 0 spiro atoms. The molecule has 0 radical (unpaired) electrons. The SMILES string of the molecule is CN(CC(=O)NCc1cccs1)C(=O)C1(S(C)(=O)=O)CCNCC1.Cl. The van der Waals surface area contributed by atoms with Gasteiger partial charge in [-0.3, -0.25) is 9.59 Å². The number of hydrogen-bond acceptors (Lipinski definition) is 6. The van der Waals surface area contributed by atoms with Crippen LogP contribution in [0.25, 0.3) is 0 Å². The van der Waals surface area contributed by atoms with Gasteiger partial charge < -0.3 is 15.5 Å². The molecule has 1 aliphatic rings. The van der Waals surface area contributed by atoms with Crippen molar-refractivity contribution in [1.82, 2.24) is 15.5 Å². The molecule has 1 aromatic rings. The topological polar surface area (TPSA) is 95.6 Å². The largest absolute Gasteiger partial charge is 0.350 e. The lowest BCUT2D eigenvalue weighted by Gasteiger charge is -2.37. The Balaban J connectivity index is 0.00000312. The molecule has 25 heavy (non-hydrogen) atoms. The van der Waals surface area contributed by atoms with Gasteiger partial charge in [0, 0.05) is 18.2 Å². The van der Waals surface area contributed by atoms with E-state index in [0.717, 1.165) is 11.1 Å². The van der Waals surface area contributed by atoms with Crippen LogP contribution in [-0.2, 0) is 26.0 Å². The van der Waals surface area contributed by atoms with Gasteiger partial charge in [-0.15, -0.1) is 23.7 Å². The summed E-state index contributed by atoms with van der Waals surface area (Å²) in [5.41, 5.74) is 0. The third kappa shape index (κ3) is 5.16. The maximum Gasteiger partial charge on any atom is 0.244 e. The van der Waals surface area contributed by atoms with Crippen molar-refractivity contribution >= 4 is 45.4 Å². The van der Waals surface area contributed by atoms with Crippen LogP contribution in [0.5, 0.6) is 0 Å². The summed E-state index contributed by atoms with van der Waals surface area (Å²) in [4.78, 5) is 27.0. The first-order chi connectivity index (χ1) is 11.3. The van der Waals surface area contributed by atoms with Gasteiger partial charge in [0.2, 0.25) is 11.8 Å². The molecular formula is C15H24ClN3O4S2. The van der Waals surface area contributed by atoms with Crippen LogP contribution in [0.15, 0.2) is 17.5 Å². The number of piperidine rings is 1. The summed E-state index contributed by atoms with van der Waals surface area (Å²) in [6, 6.07) is 3.81. The van der Waals surface area contributed by atoms with Crippen molar-refractivity contribution < 1.29 is 18.0 Å². The van der Waals surface area contributed by atoms with Crippen LogP contribution in [0.1, 0.15) is 17.7 Å². The quantitative estimate of drug-likeness (QED) is 0.709. The van der Waals surface area contributed by atoms with Gasteiger partial charge in [-0.25, -0.2) is 8.42 Å². The van der Waals surface area contributed by atoms with Crippen LogP contribution in [0.4, 0.5) is 0 Å². The molecule has 1 aliphatic heterocycles. The fourth-order valence-corrected chi connectivity index (χ4v) is 4.93. The van der Waals surface area contributed by atoms with Crippen molar-refractivity contribution in [3.63, 3.8) is 0 Å². The van der Waals surface area contributed by atoms with Gasteiger partial charge in [0.15, 0.2) is 14.6 Å². The van der Waals surface area contributed by atoms with E-state index >= 15 is 0 Å². The van der Waals surface area contributed by atoms with E-state index in [0.29, 0.717) is 19.6 Å². The van der Waals surface area contributed by atoms with Gasteiger partial charge in [-0.2, -0.15) is 0 Å². The Hall–Kier alpha value is -1.16. The van der Waals surface area contributed by atoms with E-state index in [1.165, 1.54) is 23.3 Å². The Morgan fingerprint density at radius 1 is 1.36 bits per heavy atom. The van der Waals surface area contributed by atoms with Crippen LogP contribution in [0, 0.1) is 0 Å². The minimum atomic E-state index is -3.58. The zero-order chi connectivity index (χ0) is 17.8. The number of nitrogens with one attached hydrogen (secondary N) is 2. The molecule has 0 atom stereocenters. The van der Waals surface area contributed by atoms with Crippen molar-refractivity contribution in [3.05, 3.63) is 22.4 Å². The monoisotopic (exact) mass is 409 g/mol. The first-order valence-corrected chi connectivity index (χ1v) is 10.5. The lowest BCUT2D eigenvalue weighted by molar-refractivity contribution is -0.137. The molecule has 1 saturated heterocycles. The second-order valence-electron chi connectivity index (χ2n) is 6.03. The van der Waals surface area contributed by atoms with E-state index in [-0.39, 0.29) is 37.7 Å². The second-order valence-corrected chi connectivity index (χ2v) is 9.39. The van der Waals surface area contributed by atoms with E-state index in [2.05, 4.69) is 10.6 Å². The summed E-state index contributed by atoms with van der Waals surface area (Å²) in [6.07, 6.45) is 1.55. The number of sulfone groups is 1. The van der Waals surface area contributed by atoms with Crippen molar-refractivity contribution in [3.8, 4) is 0 Å². The van der Waals surface area contributed by atoms with Gasteiger partial charge in [0.25, 0.3) is 0 Å². The average molecular weight is 410 g/mol. The summed E-state index contributed by atoms with van der Waals surface area (Å²) in [6.45, 7) is 1.18. The highest BCUT2D eigenvalue weighted by atomic mass is 35.5. The Bertz CT molecular complexity index is 686. The van der Waals surface area contributed by atoms with Gasteiger partial charge in [0.05, 0.1) is 13.1 Å². The number of carbonyl (C=O) groups is 2. The molecule has 10 heteroatoms. The molecule has 2 amide bonds. The molecule has 2 rings (SSSR count). The first kappa shape index (κ1) is 21.9. The summed E-state index contributed by atoms with van der Waals surface area (Å²) in [7, 11) is -2.10. The highest BCUT2D eigenvalue weighted by Crippen LogP contribution is 2.29. The van der Waals surface area contributed by atoms with Crippen molar-refractivity contribution in [2.75, 3.05) is 32.9 Å². The smallest absolute Gasteiger partial charge is 0.244 e. The normalized spacial score (nSPS) is 16.6. The maximum atomic E-state index is 12.8. The lowest BCUT2D eigenvalue weighted by atomic mass is 9.95. The number of likely N-dealkylation sites (N-methyl/N-ethyl adjacent to an activating group) is 1. The van der Waals surface area contributed by atoms with E-state index < -0.39 is 20.5 Å². The second kappa shape index (κ2) is 8.98. The van der Waals surface area contributed by atoms with Crippen LogP contribution in [0.3, 0.4) is 0 Å². The molecule has 0 aromatic carbocycles. The molecule has 2 heterocycles. The van der Waals surface area contributed by atoms with Crippen LogP contribution in [-0.4, -0.2) is 62.8 Å². The van der Waals surface area contributed by atoms with Crippen LogP contribution < -0.4 is 10.6 Å². The van der Waals surface area contributed by atoms with Gasteiger partial charge >= 0.3 is 0 Å². The van der Waals surface area contributed by atoms with Gasteiger partial charge in [-0.05, 0) is 37.4 Å². The highest BCUT2D eigenvalue weighted by molar-refractivity contribution is 7.92. The number of carbonyl (C=O) groups excluding carboxylic acids is 2. The zero-order valence-electron chi connectivity index (χ0n) is 14.3. The fraction of sp³-hybridized carbons (Fsp3) is 0.600. The zero-order valence-corrected chi connectivity index (χ0v) is 16.7. The molecule has 0 aliphatic carbocycles. The molecule has 7 nitrogen and oxygen atoms in total. The molecule has 0 bridgehead atoms. The fourth-order valence-electron chi connectivity index (χ4n) is 2.86. The molecule has 2 N–H and O–H groups in total. The highest BCUT2D eigenvalue weighted by Gasteiger charge is 2.50. The predicted molar refractivity (Wildman–Crippen MR) is 101 cm³/mol. The number of thiophene rings is 1. The van der Waals surface area contributed by atoms with Gasteiger partial charge in [-0.1, -0.05) is 6.07 Å². The van der Waals surface area contributed by atoms with E-state index in [1.807, 2.05) is 17.5 Å². The number of rotatable bonds is 6. The number of amides is 2. The minimum Gasteiger partial charge on any atom is -0.350 e. The van der Waals surface area contributed by atoms with Crippen LogP contribution in [0.2, 0.25) is 0 Å². The van der Waals surface area contributed by atoms with Gasteiger partial charge in [0.1, 0.15) is 0 Å². The van der Waals surface area contributed by atoms with E-state index in [9.17, 15) is 18.0 Å². The lowest BCUT2D eigenvalue weighted by Crippen LogP contribution is -2.58. The number of hydrogen-bond donors (Lipinski definition) is 2. The Morgan fingerprint density at radius 2 is 2.00 bits per heavy atom. The maximum absolute atomic E-state index is 12.8. The first-order valence-electron chi connectivity index (χ1n) is 7.71. The predicted octanol–water partition coefficient (Wildman–Crippen LogP) is 0.411. The number of halogens is 1. The van der Waals surface area contributed by atoms with Crippen molar-refractivity contribution in [1.29, 1.82) is 0 Å². The third-order valence-corrected chi connectivity index (χ3v) is 7.16. The Kier molecular flexibility index (Phi) is 7.86. The summed E-state index contributed by atoms with van der Waals surface area (Å²) in [5, 5.41) is 7.73. The van der Waals surface area contributed by atoms with Crippen molar-refractivity contribution in [2.45, 2.75) is 24.1 Å². The van der Waals surface area contributed by atoms with Crippen molar-refractivity contribution in [2.24, 2.45) is 0 Å². The Morgan fingerprint density at radius 3 is 2.52 bits per heavy atom. The summed E-state index contributed by atoms with van der Waals surface area (Å²) < 4.78 is 23.1. The molecule has 0 unspecified atom stereocenters. The summed E-state index contributed by atoms with van der Waals surface area (Å²) >= 11 is 1.53. The minimum absolute atomic E-state index is 0. The van der Waals surface area contributed by atoms with E-state index in [1.54, 1.807) is 0 Å². The summed E-state index contributed by atoms with van der Waals surface area (Å²) in [5.74, 6) is -0.811.